The third-order valence-corrected chi connectivity index (χ3v) is 4.12. The van der Waals surface area contributed by atoms with Gasteiger partial charge in [0.1, 0.15) is 0 Å². The molecule has 0 spiro atoms. The predicted octanol–water partition coefficient (Wildman–Crippen LogP) is 4.02. The monoisotopic (exact) mass is 251 g/mol. The molecule has 1 nitrogen and oxygen atoms in total. The predicted molar refractivity (Wildman–Crippen MR) is 80.1 cm³/mol. The zero-order valence-electron chi connectivity index (χ0n) is 11.7. The van der Waals surface area contributed by atoms with Crippen LogP contribution in [0.5, 0.6) is 0 Å². The molecule has 0 saturated heterocycles. The van der Waals surface area contributed by atoms with Crippen LogP contribution in [0.4, 0.5) is 0 Å². The Morgan fingerprint density at radius 3 is 2.68 bits per heavy atom. The van der Waals surface area contributed by atoms with Gasteiger partial charge in [-0.25, -0.2) is 0 Å². The van der Waals surface area contributed by atoms with E-state index >= 15 is 0 Å². The summed E-state index contributed by atoms with van der Waals surface area (Å²) in [4.78, 5) is 0. The molecule has 19 heavy (non-hydrogen) atoms. The van der Waals surface area contributed by atoms with Gasteiger partial charge in [0.2, 0.25) is 0 Å². The van der Waals surface area contributed by atoms with E-state index in [4.69, 9.17) is 0 Å². The van der Waals surface area contributed by atoms with E-state index in [2.05, 4.69) is 67.7 Å². The summed E-state index contributed by atoms with van der Waals surface area (Å²) in [6.45, 7) is 5.47. The van der Waals surface area contributed by atoms with Gasteiger partial charge in [0.25, 0.3) is 0 Å². The largest absolute Gasteiger partial charge is 0.306 e. The number of aryl methyl sites for hydroxylation is 1. The molecular formula is C18H21N. The van der Waals surface area contributed by atoms with Crippen LogP contribution in [0.1, 0.15) is 35.2 Å². The number of benzene rings is 2. The minimum Gasteiger partial charge on any atom is -0.306 e. The van der Waals surface area contributed by atoms with Crippen LogP contribution >= 0.6 is 0 Å². The highest BCUT2D eigenvalue weighted by Gasteiger charge is 2.28. The van der Waals surface area contributed by atoms with Crippen LogP contribution in [0, 0.1) is 12.8 Å². The van der Waals surface area contributed by atoms with Gasteiger partial charge in [-0.3, -0.25) is 0 Å². The van der Waals surface area contributed by atoms with E-state index in [-0.39, 0.29) is 0 Å². The van der Waals surface area contributed by atoms with Crippen LogP contribution in [0.3, 0.4) is 0 Å². The smallest absolute Gasteiger partial charge is 0.0355 e. The van der Waals surface area contributed by atoms with Gasteiger partial charge in [-0.15, -0.1) is 0 Å². The van der Waals surface area contributed by atoms with E-state index < -0.39 is 0 Å². The third kappa shape index (κ3) is 2.57. The lowest BCUT2D eigenvalue weighted by atomic mass is 10.0. The van der Waals surface area contributed by atoms with Crippen LogP contribution in [0.2, 0.25) is 0 Å². The Labute approximate surface area is 115 Å². The Balaban J connectivity index is 1.77. The van der Waals surface area contributed by atoms with Crippen LogP contribution in [-0.2, 0) is 13.0 Å². The van der Waals surface area contributed by atoms with E-state index in [0.29, 0.717) is 12.0 Å². The van der Waals surface area contributed by atoms with Crippen LogP contribution in [0.25, 0.3) is 0 Å². The second kappa shape index (κ2) is 5.18. The summed E-state index contributed by atoms with van der Waals surface area (Å²) in [7, 11) is 0. The summed E-state index contributed by atoms with van der Waals surface area (Å²) in [5, 5.41) is 3.73. The summed E-state index contributed by atoms with van der Waals surface area (Å²) in [5.41, 5.74) is 5.74. The van der Waals surface area contributed by atoms with Gasteiger partial charge in [-0.1, -0.05) is 61.0 Å². The fraction of sp³-hybridized carbons (Fsp3) is 0.333. The zero-order chi connectivity index (χ0) is 13.2. The minimum absolute atomic E-state index is 0.495. The van der Waals surface area contributed by atoms with Crippen LogP contribution in [0.15, 0.2) is 48.5 Å². The van der Waals surface area contributed by atoms with Gasteiger partial charge in [0.05, 0.1) is 0 Å². The lowest BCUT2D eigenvalue weighted by Crippen LogP contribution is -2.23. The molecular weight excluding hydrogens is 230 g/mol. The average molecular weight is 251 g/mol. The first-order valence-corrected chi connectivity index (χ1v) is 7.11. The van der Waals surface area contributed by atoms with Crippen LogP contribution in [-0.4, -0.2) is 0 Å². The van der Waals surface area contributed by atoms with Gasteiger partial charge in [0, 0.05) is 12.6 Å². The minimum atomic E-state index is 0.495. The number of nitrogens with one attached hydrogen (secondary N) is 1. The van der Waals surface area contributed by atoms with Crippen molar-refractivity contribution in [2.45, 2.75) is 32.9 Å². The number of rotatable bonds is 3. The SMILES string of the molecule is Cc1ccc2c(c1)[C@@H](NCc1ccccc1)[C@@H](C)C2. The van der Waals surface area contributed by atoms with E-state index in [1.807, 2.05) is 0 Å². The molecule has 0 fully saturated rings. The molecule has 0 amide bonds. The quantitative estimate of drug-likeness (QED) is 0.869. The molecule has 1 heteroatoms. The molecule has 0 unspecified atom stereocenters. The highest BCUT2D eigenvalue weighted by atomic mass is 14.9. The molecule has 3 rings (SSSR count). The summed E-state index contributed by atoms with van der Waals surface area (Å²) in [6.07, 6.45) is 1.20. The van der Waals surface area contributed by atoms with Crippen molar-refractivity contribution in [3.63, 3.8) is 0 Å². The molecule has 0 radical (unpaired) electrons. The van der Waals surface area contributed by atoms with Crippen molar-refractivity contribution < 1.29 is 0 Å². The fourth-order valence-electron chi connectivity index (χ4n) is 3.10. The van der Waals surface area contributed by atoms with Gasteiger partial charge in [-0.05, 0) is 36.0 Å². The standard InChI is InChI=1S/C18H21N/c1-13-8-9-16-11-14(2)18(17(16)10-13)19-12-15-6-4-3-5-7-15/h3-10,14,18-19H,11-12H2,1-2H3/t14-,18-/m0/s1. The summed E-state index contributed by atoms with van der Waals surface area (Å²) in [6, 6.07) is 18.0. The molecule has 0 aromatic heterocycles. The molecule has 0 heterocycles. The second-order valence-electron chi connectivity index (χ2n) is 5.73. The Morgan fingerprint density at radius 1 is 1.11 bits per heavy atom. The van der Waals surface area contributed by atoms with Crippen molar-refractivity contribution in [2.75, 3.05) is 0 Å². The van der Waals surface area contributed by atoms with Crippen molar-refractivity contribution in [2.24, 2.45) is 5.92 Å². The molecule has 1 aliphatic carbocycles. The molecule has 0 bridgehead atoms. The maximum absolute atomic E-state index is 3.73. The van der Waals surface area contributed by atoms with Crippen LogP contribution < -0.4 is 5.32 Å². The van der Waals surface area contributed by atoms with Gasteiger partial charge in [-0.2, -0.15) is 0 Å². The average Bonchev–Trinajstić information content (AvgIpc) is 2.73. The maximum Gasteiger partial charge on any atom is 0.0355 e. The van der Waals surface area contributed by atoms with Crippen molar-refractivity contribution >= 4 is 0 Å². The molecule has 2 aromatic rings. The van der Waals surface area contributed by atoms with Gasteiger partial charge in [0.15, 0.2) is 0 Å². The fourth-order valence-corrected chi connectivity index (χ4v) is 3.10. The first-order chi connectivity index (χ1) is 9.24. The highest BCUT2D eigenvalue weighted by molar-refractivity contribution is 5.38. The topological polar surface area (TPSA) is 12.0 Å². The van der Waals surface area contributed by atoms with E-state index in [1.54, 1.807) is 0 Å². The number of hydrogen-bond donors (Lipinski definition) is 1. The summed E-state index contributed by atoms with van der Waals surface area (Å²) >= 11 is 0. The molecule has 0 saturated carbocycles. The summed E-state index contributed by atoms with van der Waals surface area (Å²) in [5.74, 6) is 0.681. The lowest BCUT2D eigenvalue weighted by molar-refractivity contribution is 0.415. The van der Waals surface area contributed by atoms with E-state index in [1.165, 1.54) is 28.7 Å². The molecule has 2 atom stereocenters. The maximum atomic E-state index is 3.73. The van der Waals surface area contributed by atoms with Crippen molar-refractivity contribution in [1.29, 1.82) is 0 Å². The van der Waals surface area contributed by atoms with Crippen molar-refractivity contribution in [3.8, 4) is 0 Å². The zero-order valence-corrected chi connectivity index (χ0v) is 11.7. The third-order valence-electron chi connectivity index (χ3n) is 4.12. The molecule has 2 aromatic carbocycles. The molecule has 98 valence electrons. The number of hydrogen-bond acceptors (Lipinski definition) is 1. The van der Waals surface area contributed by atoms with E-state index in [0.717, 1.165) is 6.54 Å². The molecule has 1 N–H and O–H groups in total. The van der Waals surface area contributed by atoms with Crippen molar-refractivity contribution in [1.82, 2.24) is 5.32 Å². The Hall–Kier alpha value is -1.60. The number of fused-ring (bicyclic) bond motifs is 1. The van der Waals surface area contributed by atoms with Crippen molar-refractivity contribution in [3.05, 3.63) is 70.8 Å². The van der Waals surface area contributed by atoms with Gasteiger partial charge >= 0.3 is 0 Å². The first kappa shape index (κ1) is 12.4. The Morgan fingerprint density at radius 2 is 1.89 bits per heavy atom. The molecule has 0 aliphatic heterocycles. The molecule has 1 aliphatic rings. The first-order valence-electron chi connectivity index (χ1n) is 7.11. The highest BCUT2D eigenvalue weighted by Crippen LogP contribution is 2.36. The van der Waals surface area contributed by atoms with Gasteiger partial charge < -0.3 is 5.32 Å². The Kier molecular flexibility index (Phi) is 3.39. The normalized spacial score (nSPS) is 21.4. The Bertz CT molecular complexity index is 559. The summed E-state index contributed by atoms with van der Waals surface area (Å²) < 4.78 is 0. The second-order valence-corrected chi connectivity index (χ2v) is 5.73. The lowest BCUT2D eigenvalue weighted by Gasteiger charge is -2.19. The van der Waals surface area contributed by atoms with E-state index in [9.17, 15) is 0 Å².